The molecule has 8 atom stereocenters. The van der Waals surface area contributed by atoms with Gasteiger partial charge in [-0.15, -0.1) is 0 Å². The number of likely N-dealkylation sites (tertiary alicyclic amines) is 1. The Morgan fingerprint density at radius 2 is 1.62 bits per heavy atom. The molecule has 0 unspecified atom stereocenters. The summed E-state index contributed by atoms with van der Waals surface area (Å²) in [5, 5.41) is 10.8. The molecule has 10 heteroatoms. The molecular formula is C38H45N3O7. The fourth-order valence-electron chi connectivity index (χ4n) is 7.80. The molecule has 2 fully saturated rings. The lowest BCUT2D eigenvalue weighted by Crippen LogP contribution is -2.59. The number of cyclic esters (lactones) is 1. The lowest BCUT2D eigenvalue weighted by atomic mass is 9.77. The summed E-state index contributed by atoms with van der Waals surface area (Å²) in [4.78, 5) is 62.2. The summed E-state index contributed by atoms with van der Waals surface area (Å²) in [6.07, 6.45) is 6.07. The first-order valence-electron chi connectivity index (χ1n) is 16.7. The Kier molecular flexibility index (Phi) is 9.08. The minimum Gasteiger partial charge on any atom is -0.455 e. The summed E-state index contributed by atoms with van der Waals surface area (Å²) in [6.45, 7) is 7.48. The van der Waals surface area contributed by atoms with Crippen molar-refractivity contribution in [2.45, 2.75) is 82.0 Å². The number of aliphatic hydroxyl groups is 1. The Morgan fingerprint density at radius 1 is 0.958 bits per heavy atom. The molecule has 2 aromatic carbocycles. The van der Waals surface area contributed by atoms with Gasteiger partial charge in [-0.25, -0.2) is 0 Å². The Labute approximate surface area is 282 Å². The van der Waals surface area contributed by atoms with Gasteiger partial charge < -0.3 is 29.3 Å². The second-order valence-corrected chi connectivity index (χ2v) is 14.2. The summed E-state index contributed by atoms with van der Waals surface area (Å²) in [7, 11) is 1.70. The number of carbonyl (C=O) groups is 4. The number of amides is 3. The van der Waals surface area contributed by atoms with Crippen LogP contribution in [0.15, 0.2) is 85.0 Å². The zero-order valence-corrected chi connectivity index (χ0v) is 28.2. The quantitative estimate of drug-likeness (QED) is 0.392. The number of benzene rings is 2. The zero-order chi connectivity index (χ0) is 34.4. The Balaban J connectivity index is 1.50. The predicted octanol–water partition coefficient (Wildman–Crippen LogP) is 3.98. The lowest BCUT2D eigenvalue weighted by Gasteiger charge is -2.42. The van der Waals surface area contributed by atoms with Crippen LogP contribution in [-0.4, -0.2) is 93.0 Å². The van der Waals surface area contributed by atoms with E-state index in [1.165, 1.54) is 4.90 Å². The Morgan fingerprint density at radius 3 is 2.27 bits per heavy atom. The van der Waals surface area contributed by atoms with Crippen molar-refractivity contribution in [2.24, 2.45) is 11.8 Å². The molecule has 2 saturated heterocycles. The predicted molar refractivity (Wildman–Crippen MR) is 178 cm³/mol. The fourth-order valence-corrected chi connectivity index (χ4v) is 7.80. The third kappa shape index (κ3) is 5.64. The van der Waals surface area contributed by atoms with E-state index in [4.69, 9.17) is 9.47 Å². The molecule has 4 aliphatic heterocycles. The van der Waals surface area contributed by atoms with Crippen LogP contribution in [0.2, 0.25) is 0 Å². The van der Waals surface area contributed by atoms with Crippen LogP contribution in [0.5, 0.6) is 0 Å². The van der Waals surface area contributed by atoms with E-state index >= 15 is 0 Å². The van der Waals surface area contributed by atoms with Gasteiger partial charge in [0.2, 0.25) is 17.7 Å². The third-order valence-electron chi connectivity index (χ3n) is 10.4. The zero-order valence-electron chi connectivity index (χ0n) is 28.2. The van der Waals surface area contributed by atoms with Crippen molar-refractivity contribution >= 4 is 23.7 Å². The van der Waals surface area contributed by atoms with E-state index in [2.05, 4.69) is 0 Å². The van der Waals surface area contributed by atoms with Crippen LogP contribution < -0.4 is 0 Å². The molecular weight excluding hydrogens is 610 g/mol. The average molecular weight is 656 g/mol. The number of carbonyl (C=O) groups excluding carboxylic acids is 4. The second kappa shape index (κ2) is 13.0. The van der Waals surface area contributed by atoms with E-state index in [1.807, 2.05) is 94.4 Å². The van der Waals surface area contributed by atoms with Crippen LogP contribution in [0.3, 0.4) is 0 Å². The van der Waals surface area contributed by atoms with E-state index in [0.29, 0.717) is 17.5 Å². The molecule has 0 saturated carbocycles. The molecule has 0 aliphatic carbocycles. The molecule has 48 heavy (non-hydrogen) atoms. The van der Waals surface area contributed by atoms with Crippen molar-refractivity contribution < 1.29 is 33.8 Å². The second-order valence-electron chi connectivity index (χ2n) is 14.2. The largest absolute Gasteiger partial charge is 0.455 e. The van der Waals surface area contributed by atoms with Crippen LogP contribution in [0.25, 0.3) is 0 Å². The number of nitrogens with zero attached hydrogens (tertiary/aromatic N) is 3. The van der Waals surface area contributed by atoms with E-state index < -0.39 is 71.8 Å². The minimum absolute atomic E-state index is 0.0922. The standard InChI is InChI=1S/C38H45N3O7/c1-24-32(26-17-10-7-11-18-26)47-36(46)30-28(19-12-13-20-29(43)39(24)5)48-38-21-14-22-40(37(2,3)4)35(45)33(38)41(34(44)31(30)38)27(23-42)25-15-8-6-9-16-25/h6-12,14-19,21,24,27-28,30-33,42H,13,20,22-23H2,1-5H3/b19-12-/t24-,27+,28-,30+,31+,32+,33-,38+/m0/s1. The van der Waals surface area contributed by atoms with Gasteiger partial charge in [0.1, 0.15) is 23.7 Å². The molecule has 3 amide bonds. The molecule has 254 valence electrons. The number of ether oxygens (including phenoxy) is 2. The first-order valence-corrected chi connectivity index (χ1v) is 16.7. The van der Waals surface area contributed by atoms with Crippen LogP contribution >= 0.6 is 0 Å². The number of allylic oxidation sites excluding steroid dienone is 1. The van der Waals surface area contributed by atoms with E-state index in [9.17, 15) is 24.3 Å². The number of hydrogen-bond acceptors (Lipinski definition) is 7. The highest BCUT2D eigenvalue weighted by Gasteiger charge is 2.73. The van der Waals surface area contributed by atoms with Gasteiger partial charge in [-0.05, 0) is 45.2 Å². The summed E-state index contributed by atoms with van der Waals surface area (Å²) in [5.74, 6) is -3.75. The molecule has 1 spiro atoms. The van der Waals surface area contributed by atoms with Crippen molar-refractivity contribution in [3.8, 4) is 0 Å². The molecule has 6 rings (SSSR count). The molecule has 1 N–H and O–H groups in total. The number of aliphatic hydroxyl groups excluding tert-OH is 1. The number of likely N-dealkylation sites (N-methyl/N-ethyl adjacent to an activating group) is 1. The monoisotopic (exact) mass is 655 g/mol. The van der Waals surface area contributed by atoms with Crippen LogP contribution in [0.1, 0.15) is 63.8 Å². The van der Waals surface area contributed by atoms with Crippen molar-refractivity contribution in [1.82, 2.24) is 14.7 Å². The van der Waals surface area contributed by atoms with Crippen molar-refractivity contribution in [3.63, 3.8) is 0 Å². The number of fused-ring (bicyclic) bond motifs is 2. The van der Waals surface area contributed by atoms with Gasteiger partial charge in [-0.2, -0.15) is 0 Å². The van der Waals surface area contributed by atoms with Gasteiger partial charge in [0, 0.05) is 25.6 Å². The summed E-state index contributed by atoms with van der Waals surface area (Å²) in [6, 6.07) is 15.8. The van der Waals surface area contributed by atoms with Gasteiger partial charge in [0.05, 0.1) is 30.7 Å². The average Bonchev–Trinajstić information content (AvgIpc) is 3.45. The number of rotatable bonds is 4. The number of hydrogen-bond donors (Lipinski definition) is 1. The van der Waals surface area contributed by atoms with E-state index in [1.54, 1.807) is 35.1 Å². The smallest absolute Gasteiger partial charge is 0.313 e. The maximum atomic E-state index is 15.0. The third-order valence-corrected chi connectivity index (χ3v) is 10.4. The highest BCUT2D eigenvalue weighted by Crippen LogP contribution is 2.55. The van der Waals surface area contributed by atoms with Crippen molar-refractivity contribution in [1.29, 1.82) is 0 Å². The SMILES string of the molecule is C[C@H]1[C@H](c2ccccc2)OC(=O)[C@@H]2[C@H](/C=C\CCC(=O)N1C)O[C@@]13C=CCN(C(C)(C)C)C(=O)[C@@H]1N([C@H](CO)c1ccccc1)C(=O)[C@@H]23. The summed E-state index contributed by atoms with van der Waals surface area (Å²) >= 11 is 0. The molecule has 0 radical (unpaired) electrons. The molecule has 4 aliphatic rings. The van der Waals surface area contributed by atoms with Crippen molar-refractivity contribution in [2.75, 3.05) is 20.2 Å². The highest BCUT2D eigenvalue weighted by atomic mass is 16.6. The van der Waals surface area contributed by atoms with E-state index in [-0.39, 0.29) is 24.8 Å². The minimum atomic E-state index is -1.52. The van der Waals surface area contributed by atoms with Gasteiger partial charge in [0.25, 0.3) is 0 Å². The highest BCUT2D eigenvalue weighted by molar-refractivity contribution is 5.99. The maximum Gasteiger partial charge on any atom is 0.313 e. The molecule has 4 heterocycles. The fraction of sp³-hybridized carbons (Fsp3) is 0.474. The van der Waals surface area contributed by atoms with Crippen molar-refractivity contribution in [3.05, 3.63) is 96.1 Å². The first kappa shape index (κ1) is 33.6. The first-order chi connectivity index (χ1) is 22.9. The van der Waals surface area contributed by atoms with Gasteiger partial charge in [-0.1, -0.05) is 85.0 Å². The van der Waals surface area contributed by atoms with Crippen LogP contribution in [0.4, 0.5) is 0 Å². The van der Waals surface area contributed by atoms with Crippen LogP contribution in [0, 0.1) is 11.8 Å². The Bertz CT molecular complexity index is 1600. The molecule has 10 nitrogen and oxygen atoms in total. The summed E-state index contributed by atoms with van der Waals surface area (Å²) in [5.41, 5.74) is -0.738. The molecule has 2 aromatic rings. The van der Waals surface area contributed by atoms with E-state index in [0.717, 1.165) is 0 Å². The molecule has 0 aromatic heterocycles. The maximum absolute atomic E-state index is 15.0. The van der Waals surface area contributed by atoms with Gasteiger partial charge in [0.15, 0.2) is 0 Å². The van der Waals surface area contributed by atoms with Gasteiger partial charge in [-0.3, -0.25) is 19.2 Å². The van der Waals surface area contributed by atoms with Gasteiger partial charge >= 0.3 is 5.97 Å². The number of esters is 1. The lowest BCUT2D eigenvalue weighted by molar-refractivity contribution is -0.165. The van der Waals surface area contributed by atoms with Crippen LogP contribution in [-0.2, 0) is 28.7 Å². The summed E-state index contributed by atoms with van der Waals surface area (Å²) < 4.78 is 13.2. The molecule has 0 bridgehead atoms. The normalized spacial score (nSPS) is 32.4. The topological polar surface area (TPSA) is 117 Å². The Hall–Kier alpha value is -4.28.